The van der Waals surface area contributed by atoms with Gasteiger partial charge >= 0.3 is 12.3 Å². The van der Waals surface area contributed by atoms with E-state index in [0.29, 0.717) is 27.9 Å². The number of nitrogens with zero attached hydrogens (tertiary/aromatic N) is 2. The van der Waals surface area contributed by atoms with Crippen molar-refractivity contribution in [3.8, 4) is 5.75 Å². The molecule has 1 fully saturated rings. The third-order valence-corrected chi connectivity index (χ3v) is 8.08. The molecule has 220 valence electrons. The number of anilines is 1. The van der Waals surface area contributed by atoms with Gasteiger partial charge in [0, 0.05) is 47.4 Å². The van der Waals surface area contributed by atoms with E-state index in [0.717, 1.165) is 42.6 Å². The molecule has 1 saturated heterocycles. The fourth-order valence-electron chi connectivity index (χ4n) is 5.51. The molecule has 0 radical (unpaired) electrons. The van der Waals surface area contributed by atoms with E-state index in [1.807, 2.05) is 25.1 Å². The Kier molecular flexibility index (Phi) is 9.78. The summed E-state index contributed by atoms with van der Waals surface area (Å²) < 4.78 is 44.3. The van der Waals surface area contributed by atoms with Crippen LogP contribution in [0.2, 0.25) is 0 Å². The number of hydrogen-bond acceptors (Lipinski definition) is 5. The van der Waals surface area contributed by atoms with Gasteiger partial charge in [-0.25, -0.2) is 4.98 Å². The molecule has 7 nitrogen and oxygen atoms in total. The third-order valence-electron chi connectivity index (χ3n) is 7.59. The molecule has 41 heavy (non-hydrogen) atoms. The number of carboxylic acid groups (broad SMARTS) is 1. The second kappa shape index (κ2) is 13.1. The van der Waals surface area contributed by atoms with E-state index in [1.165, 1.54) is 18.2 Å². The van der Waals surface area contributed by atoms with Gasteiger partial charge in [-0.15, -0.1) is 13.2 Å². The molecule has 0 unspecified atom stereocenters. The third kappa shape index (κ3) is 7.69. The minimum atomic E-state index is -4.92. The molecular formula is C30H33BrF3N3O4. The number of halogens is 4. The zero-order valence-corrected chi connectivity index (χ0v) is 24.5. The Balaban J connectivity index is 1.68. The highest BCUT2D eigenvalue weighted by Gasteiger charge is 2.33. The lowest BCUT2D eigenvalue weighted by atomic mass is 9.92. The average molecular weight is 637 g/mol. The van der Waals surface area contributed by atoms with Crippen LogP contribution in [0.15, 0.2) is 46.9 Å². The number of nitrogens with one attached hydrogen (secondary N) is 1. The Bertz CT molecular complexity index is 1420. The van der Waals surface area contributed by atoms with E-state index in [-0.39, 0.29) is 24.9 Å². The fraction of sp³-hybridized carbons (Fsp3) is 0.433. The van der Waals surface area contributed by atoms with Crippen LogP contribution in [-0.4, -0.2) is 48.0 Å². The number of aromatic nitrogens is 1. The molecule has 2 heterocycles. The van der Waals surface area contributed by atoms with E-state index in [9.17, 15) is 27.9 Å². The molecule has 0 saturated carbocycles. The number of pyridine rings is 1. The Morgan fingerprint density at radius 1 is 1.24 bits per heavy atom. The second-order valence-corrected chi connectivity index (χ2v) is 11.3. The number of aliphatic carboxylic acids is 1. The van der Waals surface area contributed by atoms with Crippen molar-refractivity contribution < 1.29 is 32.6 Å². The number of para-hydroxylation sites is 1. The summed E-state index contributed by atoms with van der Waals surface area (Å²) in [7, 11) is 0. The van der Waals surface area contributed by atoms with E-state index in [2.05, 4.69) is 37.8 Å². The van der Waals surface area contributed by atoms with Crippen molar-refractivity contribution in [2.45, 2.75) is 58.2 Å². The molecule has 1 aliphatic heterocycles. The number of carboxylic acids is 1. The summed E-state index contributed by atoms with van der Waals surface area (Å²) in [5.74, 6) is -1.37. The molecule has 4 rings (SSSR count). The Morgan fingerprint density at radius 3 is 2.71 bits per heavy atom. The van der Waals surface area contributed by atoms with Crippen LogP contribution in [0.4, 0.5) is 19.0 Å². The molecule has 0 aliphatic carbocycles. The van der Waals surface area contributed by atoms with Crippen LogP contribution in [0.3, 0.4) is 0 Å². The fourth-order valence-corrected chi connectivity index (χ4v) is 5.87. The molecular weight excluding hydrogens is 603 g/mol. The quantitative estimate of drug-likeness (QED) is 0.245. The molecule has 2 aromatic carbocycles. The largest absolute Gasteiger partial charge is 0.573 e. The first-order chi connectivity index (χ1) is 19.5. The lowest BCUT2D eigenvalue weighted by molar-refractivity contribution is -0.275. The maximum atomic E-state index is 13.8. The van der Waals surface area contributed by atoms with E-state index in [4.69, 9.17) is 4.98 Å². The highest BCUT2D eigenvalue weighted by molar-refractivity contribution is 9.10. The van der Waals surface area contributed by atoms with E-state index in [1.54, 1.807) is 6.07 Å². The predicted octanol–water partition coefficient (Wildman–Crippen LogP) is 7.21. The summed E-state index contributed by atoms with van der Waals surface area (Å²) in [5, 5.41) is 12.8. The van der Waals surface area contributed by atoms with Crippen molar-refractivity contribution in [2.75, 3.05) is 24.5 Å². The van der Waals surface area contributed by atoms with Crippen LogP contribution in [0, 0.1) is 12.8 Å². The first-order valence-electron chi connectivity index (χ1n) is 13.7. The number of fused-ring (bicyclic) bond motifs is 1. The van der Waals surface area contributed by atoms with Crippen LogP contribution in [0.25, 0.3) is 10.9 Å². The number of benzene rings is 2. The van der Waals surface area contributed by atoms with Gasteiger partial charge in [0.05, 0.1) is 11.1 Å². The number of hydrogen-bond donors (Lipinski definition) is 2. The van der Waals surface area contributed by atoms with Gasteiger partial charge in [-0.1, -0.05) is 47.5 Å². The smallest absolute Gasteiger partial charge is 0.481 e. The minimum absolute atomic E-state index is 0.00685. The van der Waals surface area contributed by atoms with E-state index < -0.39 is 29.9 Å². The summed E-state index contributed by atoms with van der Waals surface area (Å²) in [6.45, 7) is 5.63. The molecule has 11 heteroatoms. The zero-order chi connectivity index (χ0) is 29.7. The Morgan fingerprint density at radius 2 is 2.00 bits per heavy atom. The molecule has 1 amide bonds. The van der Waals surface area contributed by atoms with Crippen molar-refractivity contribution in [2.24, 2.45) is 5.92 Å². The van der Waals surface area contributed by atoms with Crippen molar-refractivity contribution in [3.63, 3.8) is 0 Å². The first-order valence-corrected chi connectivity index (χ1v) is 14.5. The second-order valence-electron chi connectivity index (χ2n) is 10.4. The molecule has 0 spiro atoms. The number of amides is 1. The number of piperidine rings is 1. The highest BCUT2D eigenvalue weighted by Crippen LogP contribution is 2.35. The summed E-state index contributed by atoms with van der Waals surface area (Å²) >= 11 is 3.48. The number of ether oxygens (including phenoxy) is 1. The van der Waals surface area contributed by atoms with Gasteiger partial charge in [0.1, 0.15) is 11.6 Å². The summed E-state index contributed by atoms with van der Waals surface area (Å²) in [6, 6.07) is 11.1. The van der Waals surface area contributed by atoms with Crippen molar-refractivity contribution >= 4 is 44.5 Å². The van der Waals surface area contributed by atoms with E-state index >= 15 is 0 Å². The predicted molar refractivity (Wildman–Crippen MR) is 154 cm³/mol. The molecule has 2 N–H and O–H groups in total. The van der Waals surface area contributed by atoms with Gasteiger partial charge < -0.3 is 20.1 Å². The molecule has 1 aliphatic rings. The van der Waals surface area contributed by atoms with Gasteiger partial charge in [0.2, 0.25) is 0 Å². The van der Waals surface area contributed by atoms with Crippen LogP contribution in [-0.2, 0) is 4.79 Å². The van der Waals surface area contributed by atoms with Crippen molar-refractivity contribution in [3.05, 3.63) is 63.6 Å². The van der Waals surface area contributed by atoms with Crippen molar-refractivity contribution in [1.29, 1.82) is 0 Å². The number of rotatable bonds is 10. The minimum Gasteiger partial charge on any atom is -0.481 e. The lowest BCUT2D eigenvalue weighted by Gasteiger charge is -2.34. The van der Waals surface area contributed by atoms with Crippen LogP contribution in [0.5, 0.6) is 5.75 Å². The standard InChI is InChI=1S/C30H33BrF3N3O4/c1-3-19-7-6-14-37(17-19)28-18(2)27(23-15-21(31)11-12-24(23)36-28)29(40)35-16-20(10-13-26(38)39)22-8-4-5-9-25(22)41-30(32,33)34/h4-5,8-9,11-12,15,19-20H,3,6-7,10,13-14,16-17H2,1-2H3,(H,35,40)(H,38,39)/t19-,20+/m1/s1. The molecule has 3 aromatic rings. The van der Waals surface area contributed by atoms with Gasteiger partial charge in [0.15, 0.2) is 0 Å². The molecule has 0 bridgehead atoms. The normalized spacial score (nSPS) is 16.4. The lowest BCUT2D eigenvalue weighted by Crippen LogP contribution is -2.37. The Labute approximate surface area is 245 Å². The van der Waals surface area contributed by atoms with Crippen LogP contribution >= 0.6 is 15.9 Å². The summed E-state index contributed by atoms with van der Waals surface area (Å²) in [6.07, 6.45) is -1.96. The maximum absolute atomic E-state index is 13.8. The number of carbonyl (C=O) groups excluding carboxylic acids is 1. The summed E-state index contributed by atoms with van der Waals surface area (Å²) in [4.78, 5) is 32.3. The van der Waals surface area contributed by atoms with Gasteiger partial charge in [-0.05, 0) is 61.9 Å². The molecule has 2 atom stereocenters. The maximum Gasteiger partial charge on any atom is 0.573 e. The number of carbonyl (C=O) groups is 2. The number of alkyl halides is 3. The van der Waals surface area contributed by atoms with Gasteiger partial charge in [-0.2, -0.15) is 0 Å². The highest BCUT2D eigenvalue weighted by atomic mass is 79.9. The zero-order valence-electron chi connectivity index (χ0n) is 22.9. The Hall–Kier alpha value is -3.34. The molecule has 1 aromatic heterocycles. The average Bonchev–Trinajstić information content (AvgIpc) is 2.92. The van der Waals surface area contributed by atoms with Crippen LogP contribution < -0.4 is 15.0 Å². The van der Waals surface area contributed by atoms with Crippen molar-refractivity contribution in [1.82, 2.24) is 10.3 Å². The topological polar surface area (TPSA) is 91.8 Å². The monoisotopic (exact) mass is 635 g/mol. The van der Waals surface area contributed by atoms with Gasteiger partial charge in [0.25, 0.3) is 5.91 Å². The van der Waals surface area contributed by atoms with Gasteiger partial charge in [-0.3, -0.25) is 9.59 Å². The SMILES string of the molecule is CC[C@@H]1CCCN(c2nc3ccc(Br)cc3c(C(=O)NC[C@H](CCC(=O)O)c3ccccc3OC(F)(F)F)c2C)C1. The first kappa shape index (κ1) is 30.6. The summed E-state index contributed by atoms with van der Waals surface area (Å²) in [5.41, 5.74) is 1.98. The van der Waals surface area contributed by atoms with Crippen LogP contribution in [0.1, 0.15) is 66.4 Å².